The van der Waals surface area contributed by atoms with E-state index in [4.69, 9.17) is 4.74 Å². The van der Waals surface area contributed by atoms with Crippen molar-refractivity contribution in [1.29, 1.82) is 0 Å². The first-order valence-electron chi connectivity index (χ1n) is 9.91. The predicted molar refractivity (Wildman–Crippen MR) is 113 cm³/mol. The van der Waals surface area contributed by atoms with Gasteiger partial charge in [-0.15, -0.1) is 0 Å². The van der Waals surface area contributed by atoms with Gasteiger partial charge in [0.1, 0.15) is 18.3 Å². The van der Waals surface area contributed by atoms with Crippen molar-refractivity contribution >= 4 is 34.4 Å². The van der Waals surface area contributed by atoms with E-state index in [1.54, 1.807) is 0 Å². The van der Waals surface area contributed by atoms with Crippen LogP contribution in [0.5, 0.6) is 0 Å². The number of rotatable bonds is 7. The Hall–Kier alpha value is -4.32. The lowest BCUT2D eigenvalue weighted by Crippen LogP contribution is -2.33. The highest BCUT2D eigenvalue weighted by molar-refractivity contribution is 5.92. The molecule has 5 N–H and O–H groups in total. The SMILES string of the molecule is O=C(Cc1ccc([N+](=O)[O-])cc1[N+](=O)[O-])Nc1nc2c(ncn2[C@@H]2O[C@@H](CO)[C@@H](O)[C@@H]2O)c(=O)[nH]1. The average molecular weight is 491 g/mol. The van der Waals surface area contributed by atoms with Gasteiger partial charge in [-0.05, 0) is 6.07 Å². The second-order valence-electron chi connectivity index (χ2n) is 7.52. The standard InChI is InChI=1S/C18H17N7O10/c26-5-10-13(28)14(29)17(35-10)23-6-19-12-15(23)21-18(22-16(12)30)20-11(27)3-7-1-2-8(24(31)32)4-9(7)25(33)34/h1-2,4,6,10,13-14,17,26,28-29H,3,5H2,(H2,20,21,22,27,30)/t10-,13+,14-,17+/m0/s1. The van der Waals surface area contributed by atoms with Crippen LogP contribution in [0.3, 0.4) is 0 Å². The Labute approximate surface area is 192 Å². The fraction of sp³-hybridized carbons (Fsp3) is 0.333. The van der Waals surface area contributed by atoms with Crippen LogP contribution in [0.2, 0.25) is 0 Å². The topological polar surface area (TPSA) is 249 Å². The molecule has 1 fully saturated rings. The molecular weight excluding hydrogens is 474 g/mol. The summed E-state index contributed by atoms with van der Waals surface area (Å²) < 4.78 is 6.55. The van der Waals surface area contributed by atoms with Gasteiger partial charge in [-0.25, -0.2) is 4.98 Å². The lowest BCUT2D eigenvalue weighted by atomic mass is 10.1. The van der Waals surface area contributed by atoms with Gasteiger partial charge in [-0.2, -0.15) is 4.98 Å². The van der Waals surface area contributed by atoms with Crippen LogP contribution in [0.15, 0.2) is 29.3 Å². The number of aliphatic hydroxyl groups excluding tert-OH is 3. The van der Waals surface area contributed by atoms with E-state index in [-0.39, 0.29) is 22.7 Å². The summed E-state index contributed by atoms with van der Waals surface area (Å²) in [5.74, 6) is -1.19. The monoisotopic (exact) mass is 491 g/mol. The number of nitrogens with zero attached hydrogens (tertiary/aromatic N) is 5. The largest absolute Gasteiger partial charge is 0.394 e. The summed E-state index contributed by atoms with van der Waals surface area (Å²) >= 11 is 0. The van der Waals surface area contributed by atoms with Crippen molar-refractivity contribution in [2.75, 3.05) is 11.9 Å². The number of non-ortho nitro benzene ring substituents is 1. The number of ether oxygens (including phenoxy) is 1. The van der Waals surface area contributed by atoms with E-state index in [9.17, 15) is 45.1 Å². The number of fused-ring (bicyclic) bond motifs is 1. The molecule has 4 rings (SSSR count). The molecule has 0 aliphatic carbocycles. The predicted octanol–water partition coefficient (Wildman–Crippen LogP) is -1.27. The van der Waals surface area contributed by atoms with Gasteiger partial charge in [0.25, 0.3) is 16.9 Å². The van der Waals surface area contributed by atoms with Crippen molar-refractivity contribution in [2.24, 2.45) is 0 Å². The van der Waals surface area contributed by atoms with Crippen molar-refractivity contribution in [3.8, 4) is 0 Å². The van der Waals surface area contributed by atoms with E-state index in [2.05, 4.69) is 20.3 Å². The zero-order chi connectivity index (χ0) is 25.4. The number of imidazole rings is 1. The maximum Gasteiger partial charge on any atom is 0.280 e. The molecule has 1 amide bonds. The van der Waals surface area contributed by atoms with Crippen LogP contribution in [-0.4, -0.2) is 75.5 Å². The Bertz CT molecular complexity index is 1390. The molecule has 0 saturated carbocycles. The lowest BCUT2D eigenvalue weighted by molar-refractivity contribution is -0.394. The Morgan fingerprint density at radius 1 is 1.23 bits per heavy atom. The van der Waals surface area contributed by atoms with E-state index >= 15 is 0 Å². The number of carbonyl (C=O) groups is 1. The fourth-order valence-electron chi connectivity index (χ4n) is 3.62. The molecule has 1 saturated heterocycles. The molecule has 2 aromatic heterocycles. The minimum Gasteiger partial charge on any atom is -0.394 e. The Kier molecular flexibility index (Phi) is 6.22. The van der Waals surface area contributed by atoms with Gasteiger partial charge in [0.2, 0.25) is 11.9 Å². The molecule has 17 heteroatoms. The molecule has 0 bridgehead atoms. The number of aromatic nitrogens is 4. The summed E-state index contributed by atoms with van der Waals surface area (Å²) in [6.45, 7) is -0.578. The number of anilines is 1. The first-order valence-corrected chi connectivity index (χ1v) is 9.91. The number of nitro groups is 2. The van der Waals surface area contributed by atoms with Crippen LogP contribution in [0.25, 0.3) is 11.2 Å². The summed E-state index contributed by atoms with van der Waals surface area (Å²) in [5.41, 5.74) is -2.33. The third-order valence-electron chi connectivity index (χ3n) is 5.31. The molecule has 35 heavy (non-hydrogen) atoms. The molecule has 184 valence electrons. The number of amides is 1. The van der Waals surface area contributed by atoms with Gasteiger partial charge < -0.3 is 20.1 Å². The van der Waals surface area contributed by atoms with E-state index in [0.717, 1.165) is 29.1 Å². The van der Waals surface area contributed by atoms with Crippen molar-refractivity contribution in [3.63, 3.8) is 0 Å². The molecule has 1 aromatic carbocycles. The molecule has 17 nitrogen and oxygen atoms in total. The van der Waals surface area contributed by atoms with Crippen molar-refractivity contribution < 1.29 is 34.7 Å². The number of aliphatic hydroxyl groups is 3. The molecule has 1 aliphatic rings. The van der Waals surface area contributed by atoms with Crippen LogP contribution in [0, 0.1) is 20.2 Å². The highest BCUT2D eigenvalue weighted by atomic mass is 16.6. The molecule has 0 unspecified atom stereocenters. The highest BCUT2D eigenvalue weighted by Crippen LogP contribution is 2.31. The maximum absolute atomic E-state index is 12.5. The zero-order valence-corrected chi connectivity index (χ0v) is 17.5. The Morgan fingerprint density at radius 2 is 1.97 bits per heavy atom. The van der Waals surface area contributed by atoms with Gasteiger partial charge in [-0.1, -0.05) is 0 Å². The zero-order valence-electron chi connectivity index (χ0n) is 17.5. The van der Waals surface area contributed by atoms with Crippen LogP contribution in [0.4, 0.5) is 17.3 Å². The Balaban J connectivity index is 1.60. The number of H-pyrrole nitrogens is 1. The Morgan fingerprint density at radius 3 is 2.60 bits per heavy atom. The van der Waals surface area contributed by atoms with Gasteiger partial charge in [-0.3, -0.25) is 44.7 Å². The number of carbonyl (C=O) groups excluding carboxylic acids is 1. The van der Waals surface area contributed by atoms with Crippen molar-refractivity contribution in [2.45, 2.75) is 31.0 Å². The lowest BCUT2D eigenvalue weighted by Gasteiger charge is -2.16. The average Bonchev–Trinajstić information content (AvgIpc) is 3.34. The maximum atomic E-state index is 12.5. The van der Waals surface area contributed by atoms with E-state index in [1.807, 2.05) is 0 Å². The molecule has 0 spiro atoms. The summed E-state index contributed by atoms with van der Waals surface area (Å²) in [7, 11) is 0. The number of hydrogen-bond acceptors (Lipinski definition) is 12. The van der Waals surface area contributed by atoms with E-state index in [0.29, 0.717) is 0 Å². The molecular formula is C18H17N7O10. The minimum absolute atomic E-state index is 0.113. The second kappa shape index (κ2) is 9.14. The molecule has 3 aromatic rings. The van der Waals surface area contributed by atoms with Crippen LogP contribution < -0.4 is 10.9 Å². The third-order valence-corrected chi connectivity index (χ3v) is 5.31. The highest BCUT2D eigenvalue weighted by Gasteiger charge is 2.44. The smallest absolute Gasteiger partial charge is 0.280 e. The first kappa shape index (κ1) is 23.8. The van der Waals surface area contributed by atoms with E-state index in [1.165, 1.54) is 0 Å². The normalized spacial score (nSPS) is 21.8. The van der Waals surface area contributed by atoms with Gasteiger partial charge in [0, 0.05) is 11.6 Å². The minimum atomic E-state index is -1.48. The number of nitrogens with one attached hydrogen (secondary N) is 2. The summed E-state index contributed by atoms with van der Waals surface area (Å²) in [4.78, 5) is 55.6. The summed E-state index contributed by atoms with van der Waals surface area (Å²) in [5, 5.41) is 53.9. The number of aromatic amines is 1. The van der Waals surface area contributed by atoms with Gasteiger partial charge in [0.15, 0.2) is 17.4 Å². The van der Waals surface area contributed by atoms with Crippen LogP contribution in [0.1, 0.15) is 11.8 Å². The van der Waals surface area contributed by atoms with Gasteiger partial charge in [0.05, 0.1) is 35.3 Å². The molecule has 3 heterocycles. The van der Waals surface area contributed by atoms with Crippen LogP contribution >= 0.6 is 0 Å². The number of benzene rings is 1. The van der Waals surface area contributed by atoms with Gasteiger partial charge >= 0.3 is 0 Å². The first-order chi connectivity index (χ1) is 16.6. The quantitative estimate of drug-likeness (QED) is 0.192. The van der Waals surface area contributed by atoms with Crippen molar-refractivity contribution in [1.82, 2.24) is 19.5 Å². The second-order valence-corrected chi connectivity index (χ2v) is 7.52. The molecule has 4 atom stereocenters. The molecule has 0 radical (unpaired) electrons. The fourth-order valence-corrected chi connectivity index (χ4v) is 3.62. The number of nitro benzene ring substituents is 2. The van der Waals surface area contributed by atoms with Crippen LogP contribution in [-0.2, 0) is 16.0 Å². The summed E-state index contributed by atoms with van der Waals surface area (Å²) in [6.07, 6.45) is -4.67. The third kappa shape index (κ3) is 4.43. The van der Waals surface area contributed by atoms with Crippen molar-refractivity contribution in [3.05, 3.63) is 60.7 Å². The van der Waals surface area contributed by atoms with E-state index < -0.39 is 70.3 Å². The summed E-state index contributed by atoms with van der Waals surface area (Å²) in [6, 6.07) is 2.82. The number of hydrogen-bond donors (Lipinski definition) is 5. The molecule has 1 aliphatic heterocycles.